The van der Waals surface area contributed by atoms with Gasteiger partial charge in [-0.15, -0.1) is 0 Å². The van der Waals surface area contributed by atoms with Gasteiger partial charge in [0.15, 0.2) is 17.5 Å². The normalized spacial score (nSPS) is 11.6. The average Bonchev–Trinajstić information content (AvgIpc) is 3.48. The molecule has 0 bridgehead atoms. The number of hydrogen-bond acceptors (Lipinski definition) is 6. The average molecular weight is 578 g/mol. The third kappa shape index (κ3) is 4.39. The predicted octanol–water partition coefficient (Wildman–Crippen LogP) is 9.54. The third-order valence-corrected chi connectivity index (χ3v) is 8.12. The molecule has 3 heterocycles. The lowest BCUT2D eigenvalue weighted by molar-refractivity contribution is 0.655. The van der Waals surface area contributed by atoms with Crippen LogP contribution in [-0.2, 0) is 0 Å². The van der Waals surface area contributed by atoms with E-state index in [1.165, 1.54) is 0 Å². The van der Waals surface area contributed by atoms with Crippen LogP contribution in [0, 0.1) is 0 Å². The number of benzene rings is 6. The van der Waals surface area contributed by atoms with E-state index in [-0.39, 0.29) is 0 Å². The van der Waals surface area contributed by atoms with Gasteiger partial charge in [0.2, 0.25) is 5.71 Å². The van der Waals surface area contributed by atoms with Crippen LogP contribution in [0.1, 0.15) is 0 Å². The fourth-order valence-corrected chi connectivity index (χ4v) is 5.92. The molecular formula is C39H23N5O. The van der Waals surface area contributed by atoms with E-state index in [1.807, 2.05) is 97.1 Å². The summed E-state index contributed by atoms with van der Waals surface area (Å²) >= 11 is 0. The van der Waals surface area contributed by atoms with Crippen LogP contribution in [0.2, 0.25) is 0 Å². The molecule has 210 valence electrons. The molecule has 0 saturated carbocycles. The van der Waals surface area contributed by atoms with Crippen molar-refractivity contribution in [1.29, 1.82) is 0 Å². The molecule has 0 amide bonds. The highest BCUT2D eigenvalue weighted by atomic mass is 16.3. The van der Waals surface area contributed by atoms with E-state index in [1.54, 1.807) is 0 Å². The van der Waals surface area contributed by atoms with E-state index in [9.17, 15) is 0 Å². The van der Waals surface area contributed by atoms with Crippen molar-refractivity contribution in [3.05, 3.63) is 140 Å². The fraction of sp³-hybridized carbons (Fsp3) is 0. The maximum absolute atomic E-state index is 6.14. The van der Waals surface area contributed by atoms with Gasteiger partial charge in [0.1, 0.15) is 11.1 Å². The second-order valence-corrected chi connectivity index (χ2v) is 11.0. The zero-order chi connectivity index (χ0) is 29.7. The Bertz CT molecular complexity index is 2480. The largest absolute Gasteiger partial charge is 0.436 e. The Balaban J connectivity index is 1.16. The maximum Gasteiger partial charge on any atom is 0.246 e. The Morgan fingerprint density at radius 2 is 0.978 bits per heavy atom. The number of fused-ring (bicyclic) bond motifs is 6. The summed E-state index contributed by atoms with van der Waals surface area (Å²) in [7, 11) is 0. The zero-order valence-electron chi connectivity index (χ0n) is 23.9. The molecule has 0 N–H and O–H groups in total. The number of aromatic nitrogens is 5. The summed E-state index contributed by atoms with van der Waals surface area (Å²) in [5.74, 6) is 1.91. The summed E-state index contributed by atoms with van der Waals surface area (Å²) in [6, 6.07) is 46.9. The minimum atomic E-state index is 0.551. The van der Waals surface area contributed by atoms with E-state index < -0.39 is 0 Å². The van der Waals surface area contributed by atoms with Crippen molar-refractivity contribution in [2.24, 2.45) is 0 Å². The Kier molecular flexibility index (Phi) is 5.71. The first-order valence-electron chi connectivity index (χ1n) is 14.8. The van der Waals surface area contributed by atoms with Gasteiger partial charge in [0, 0.05) is 16.7 Å². The number of para-hydroxylation sites is 2. The lowest BCUT2D eigenvalue weighted by atomic mass is 9.98. The van der Waals surface area contributed by atoms with Crippen LogP contribution < -0.4 is 0 Å². The Labute approximate surface area is 257 Å². The summed E-state index contributed by atoms with van der Waals surface area (Å²) in [4.78, 5) is 24.3. The van der Waals surface area contributed by atoms with E-state index >= 15 is 0 Å². The molecule has 0 radical (unpaired) electrons. The van der Waals surface area contributed by atoms with Gasteiger partial charge in [-0.3, -0.25) is 0 Å². The van der Waals surface area contributed by atoms with E-state index in [2.05, 4.69) is 42.5 Å². The summed E-state index contributed by atoms with van der Waals surface area (Å²) in [5, 5.41) is 3.15. The lowest BCUT2D eigenvalue weighted by Gasteiger charge is -2.10. The molecule has 6 heteroatoms. The first-order valence-corrected chi connectivity index (χ1v) is 14.8. The van der Waals surface area contributed by atoms with Crippen LogP contribution in [-0.4, -0.2) is 24.9 Å². The van der Waals surface area contributed by atoms with Crippen LogP contribution in [0.3, 0.4) is 0 Å². The molecule has 9 aromatic rings. The first-order chi connectivity index (χ1) is 22.3. The van der Waals surface area contributed by atoms with Crippen molar-refractivity contribution >= 4 is 44.0 Å². The highest BCUT2D eigenvalue weighted by Crippen LogP contribution is 2.36. The fourth-order valence-electron chi connectivity index (χ4n) is 5.92. The minimum absolute atomic E-state index is 0.551. The third-order valence-electron chi connectivity index (χ3n) is 8.12. The second-order valence-electron chi connectivity index (χ2n) is 11.0. The molecule has 0 aliphatic rings. The summed E-state index contributed by atoms with van der Waals surface area (Å²) in [6.45, 7) is 0. The van der Waals surface area contributed by atoms with Gasteiger partial charge in [-0.25, -0.2) is 24.9 Å². The standard InChI is InChI=1S/C39H23N5O/c1-3-10-24(11-4-1)36-42-37(25-12-5-2-6-13-25)44-38(43-36)29-15-9-14-26(23-29)27-18-20-30-28(22-27)19-21-33-34(30)35-39(45-33)41-32-17-8-7-16-31(32)40-35/h1-23H. The molecule has 3 aromatic heterocycles. The monoisotopic (exact) mass is 577 g/mol. The molecule has 6 nitrogen and oxygen atoms in total. The van der Waals surface area contributed by atoms with Crippen molar-refractivity contribution in [3.8, 4) is 45.3 Å². The summed E-state index contributed by atoms with van der Waals surface area (Å²) in [6.07, 6.45) is 0. The predicted molar refractivity (Wildman–Crippen MR) is 179 cm³/mol. The van der Waals surface area contributed by atoms with Crippen molar-refractivity contribution in [2.75, 3.05) is 0 Å². The molecular weight excluding hydrogens is 554 g/mol. The van der Waals surface area contributed by atoms with Crippen molar-refractivity contribution in [3.63, 3.8) is 0 Å². The first kappa shape index (κ1) is 25.2. The zero-order valence-corrected chi connectivity index (χ0v) is 23.9. The Hall–Kier alpha value is -6.27. The summed E-state index contributed by atoms with van der Waals surface area (Å²) < 4.78 is 6.14. The molecule has 0 aliphatic heterocycles. The molecule has 45 heavy (non-hydrogen) atoms. The number of rotatable bonds is 4. The molecule has 0 spiro atoms. The molecule has 6 aromatic carbocycles. The molecule has 0 atom stereocenters. The van der Waals surface area contributed by atoms with E-state index in [4.69, 9.17) is 29.3 Å². The van der Waals surface area contributed by atoms with Crippen LogP contribution in [0.25, 0.3) is 89.3 Å². The van der Waals surface area contributed by atoms with Crippen LogP contribution in [0.5, 0.6) is 0 Å². The van der Waals surface area contributed by atoms with Gasteiger partial charge in [0.05, 0.1) is 16.4 Å². The van der Waals surface area contributed by atoms with Crippen LogP contribution in [0.15, 0.2) is 144 Å². The van der Waals surface area contributed by atoms with Gasteiger partial charge in [-0.1, -0.05) is 109 Å². The van der Waals surface area contributed by atoms with Crippen molar-refractivity contribution in [2.45, 2.75) is 0 Å². The van der Waals surface area contributed by atoms with Gasteiger partial charge in [-0.2, -0.15) is 0 Å². The summed E-state index contributed by atoms with van der Waals surface area (Å²) in [5.41, 5.74) is 8.75. The van der Waals surface area contributed by atoms with E-state index in [0.717, 1.165) is 66.1 Å². The van der Waals surface area contributed by atoms with E-state index in [0.29, 0.717) is 23.2 Å². The number of nitrogens with zero attached hydrogens (tertiary/aromatic N) is 5. The Morgan fingerprint density at radius 1 is 0.400 bits per heavy atom. The maximum atomic E-state index is 6.14. The number of hydrogen-bond donors (Lipinski definition) is 0. The minimum Gasteiger partial charge on any atom is -0.436 e. The number of furan rings is 1. The van der Waals surface area contributed by atoms with Crippen LogP contribution >= 0.6 is 0 Å². The van der Waals surface area contributed by atoms with Gasteiger partial charge >= 0.3 is 0 Å². The smallest absolute Gasteiger partial charge is 0.246 e. The van der Waals surface area contributed by atoms with Crippen molar-refractivity contribution < 1.29 is 4.42 Å². The van der Waals surface area contributed by atoms with Gasteiger partial charge in [0.25, 0.3) is 0 Å². The van der Waals surface area contributed by atoms with Crippen LogP contribution in [0.4, 0.5) is 0 Å². The molecule has 9 rings (SSSR count). The quantitative estimate of drug-likeness (QED) is 0.207. The molecule has 0 aliphatic carbocycles. The molecule has 0 unspecified atom stereocenters. The highest BCUT2D eigenvalue weighted by molar-refractivity contribution is 6.18. The second kappa shape index (κ2) is 10.2. The topological polar surface area (TPSA) is 77.6 Å². The highest BCUT2D eigenvalue weighted by Gasteiger charge is 2.16. The van der Waals surface area contributed by atoms with Crippen molar-refractivity contribution in [1.82, 2.24) is 24.9 Å². The lowest BCUT2D eigenvalue weighted by Crippen LogP contribution is -2.00. The van der Waals surface area contributed by atoms with Gasteiger partial charge in [-0.05, 0) is 52.2 Å². The van der Waals surface area contributed by atoms with Gasteiger partial charge < -0.3 is 4.42 Å². The molecule has 0 saturated heterocycles. The molecule has 0 fully saturated rings. The SMILES string of the molecule is c1ccc(-c2nc(-c3ccccc3)nc(-c3cccc(-c4ccc5c(ccc6oc7nc8ccccc8nc7c65)c4)c3)n2)cc1. The Morgan fingerprint density at radius 3 is 1.69 bits per heavy atom.